The van der Waals surface area contributed by atoms with E-state index in [0.29, 0.717) is 31.0 Å². The number of nitriles is 1. The molecule has 0 fully saturated rings. The Kier molecular flexibility index (Phi) is 8.17. The van der Waals surface area contributed by atoms with Gasteiger partial charge in [-0.1, -0.05) is 24.3 Å². The van der Waals surface area contributed by atoms with Crippen molar-refractivity contribution in [3.05, 3.63) is 75.2 Å². The number of pyridine rings is 1. The van der Waals surface area contributed by atoms with Gasteiger partial charge in [0, 0.05) is 19.3 Å². The van der Waals surface area contributed by atoms with Crippen molar-refractivity contribution in [2.45, 2.75) is 40.2 Å². The number of amides is 1. The van der Waals surface area contributed by atoms with Gasteiger partial charge in [0.2, 0.25) is 5.88 Å². The monoisotopic (exact) mass is 460 g/mol. The molecule has 0 aliphatic carbocycles. The number of aromatic nitrogens is 2. The van der Waals surface area contributed by atoms with Crippen LogP contribution in [0.15, 0.2) is 53.0 Å². The van der Waals surface area contributed by atoms with Crippen LogP contribution in [-0.4, -0.2) is 34.5 Å². The van der Waals surface area contributed by atoms with E-state index in [1.54, 1.807) is 18.3 Å². The molecule has 0 unspecified atom stereocenters. The molecule has 1 amide bonds. The van der Waals surface area contributed by atoms with Gasteiger partial charge >= 0.3 is 0 Å². The van der Waals surface area contributed by atoms with Gasteiger partial charge in [0.05, 0.1) is 6.10 Å². The van der Waals surface area contributed by atoms with E-state index in [4.69, 9.17) is 9.47 Å². The van der Waals surface area contributed by atoms with Crippen LogP contribution in [0.4, 0.5) is 0 Å². The Labute approximate surface area is 198 Å². The number of hydrogen-bond acceptors (Lipinski definition) is 6. The number of carbonyl (C=O) groups excluding carboxylic acids is 1. The highest BCUT2D eigenvalue weighted by Gasteiger charge is 2.18. The van der Waals surface area contributed by atoms with Crippen LogP contribution < -0.4 is 15.6 Å². The molecule has 0 aliphatic heterocycles. The second-order valence-electron chi connectivity index (χ2n) is 8.09. The smallest absolute Gasteiger partial charge is 0.269 e. The molecule has 0 radical (unpaired) electrons. The van der Waals surface area contributed by atoms with E-state index in [-0.39, 0.29) is 23.1 Å². The van der Waals surface area contributed by atoms with E-state index < -0.39 is 11.5 Å². The number of ether oxygens (including phenoxy) is 2. The number of hydrogen-bond donors (Lipinski definition) is 1. The average molecular weight is 461 g/mol. The van der Waals surface area contributed by atoms with Crippen LogP contribution in [-0.2, 0) is 9.53 Å². The topological polar surface area (TPSA) is 106 Å². The van der Waals surface area contributed by atoms with Crippen LogP contribution in [0, 0.1) is 25.2 Å². The minimum atomic E-state index is -0.581. The zero-order valence-corrected chi connectivity index (χ0v) is 19.8. The van der Waals surface area contributed by atoms with Gasteiger partial charge in [-0.05, 0) is 63.5 Å². The molecule has 0 spiro atoms. The minimum absolute atomic E-state index is 0.0150. The summed E-state index contributed by atoms with van der Waals surface area (Å²) >= 11 is 0. The summed E-state index contributed by atoms with van der Waals surface area (Å²) in [6.07, 6.45) is 3.53. The van der Waals surface area contributed by atoms with Gasteiger partial charge < -0.3 is 14.8 Å². The van der Waals surface area contributed by atoms with Crippen LogP contribution in [0.5, 0.6) is 11.6 Å². The highest BCUT2D eigenvalue weighted by atomic mass is 16.5. The van der Waals surface area contributed by atoms with Crippen LogP contribution in [0.1, 0.15) is 37.0 Å². The second kappa shape index (κ2) is 11.3. The lowest BCUT2D eigenvalue weighted by molar-refractivity contribution is -0.117. The molecular weight excluding hydrogens is 432 g/mol. The number of nitrogens with one attached hydrogen (secondary N) is 1. The van der Waals surface area contributed by atoms with Crippen molar-refractivity contribution in [1.29, 1.82) is 5.26 Å². The molecule has 2 aromatic heterocycles. The number of nitrogens with zero attached hydrogens (tertiary/aromatic N) is 3. The van der Waals surface area contributed by atoms with Crippen molar-refractivity contribution in [3.63, 3.8) is 0 Å². The lowest BCUT2D eigenvalue weighted by atomic mass is 10.1. The van der Waals surface area contributed by atoms with Crippen LogP contribution in [0.3, 0.4) is 0 Å². The van der Waals surface area contributed by atoms with E-state index in [1.165, 1.54) is 10.5 Å². The SMILES string of the molecule is Cc1ccccc1Oc1nc2c(C)cccn2c(=O)c1/C=C(\C#N)C(=O)NCCCOC(C)C. The highest BCUT2D eigenvalue weighted by Crippen LogP contribution is 2.27. The molecule has 0 bridgehead atoms. The first-order valence-electron chi connectivity index (χ1n) is 11.1. The fourth-order valence-corrected chi connectivity index (χ4v) is 3.25. The molecule has 0 aliphatic rings. The summed E-state index contributed by atoms with van der Waals surface area (Å²) in [5, 5.41) is 12.3. The molecule has 0 atom stereocenters. The summed E-state index contributed by atoms with van der Waals surface area (Å²) in [6, 6.07) is 12.8. The first-order valence-corrected chi connectivity index (χ1v) is 11.1. The molecule has 1 N–H and O–H groups in total. The lowest BCUT2D eigenvalue weighted by Crippen LogP contribution is -2.27. The van der Waals surface area contributed by atoms with Gasteiger partial charge in [-0.2, -0.15) is 10.2 Å². The highest BCUT2D eigenvalue weighted by molar-refractivity contribution is 6.01. The largest absolute Gasteiger partial charge is 0.438 e. The summed E-state index contributed by atoms with van der Waals surface area (Å²) in [7, 11) is 0. The van der Waals surface area contributed by atoms with Gasteiger partial charge in [0.1, 0.15) is 28.6 Å². The van der Waals surface area contributed by atoms with E-state index in [9.17, 15) is 14.9 Å². The summed E-state index contributed by atoms with van der Waals surface area (Å²) in [4.78, 5) is 30.5. The van der Waals surface area contributed by atoms with Crippen molar-refractivity contribution in [2.24, 2.45) is 0 Å². The predicted molar refractivity (Wildman–Crippen MR) is 130 cm³/mol. The Morgan fingerprint density at radius 1 is 1.21 bits per heavy atom. The van der Waals surface area contributed by atoms with Crippen molar-refractivity contribution in [3.8, 4) is 17.7 Å². The van der Waals surface area contributed by atoms with E-state index in [1.807, 2.05) is 58.0 Å². The summed E-state index contributed by atoms with van der Waals surface area (Å²) < 4.78 is 12.8. The molecule has 3 rings (SSSR count). The molecule has 0 saturated carbocycles. The zero-order chi connectivity index (χ0) is 24.7. The van der Waals surface area contributed by atoms with Gasteiger partial charge in [0.15, 0.2) is 0 Å². The summed E-state index contributed by atoms with van der Waals surface area (Å²) in [6.45, 7) is 8.41. The first-order chi connectivity index (χ1) is 16.3. The molecule has 8 nitrogen and oxygen atoms in total. The molecule has 3 aromatic rings. The predicted octanol–water partition coefficient (Wildman–Crippen LogP) is 3.94. The number of fused-ring (bicyclic) bond motifs is 1. The standard InChI is InChI=1S/C26H28N4O4/c1-17(2)33-14-8-12-28-24(31)20(16-27)15-21-25(34-22-11-6-5-9-18(22)3)29-23-19(4)10-7-13-30(23)26(21)32/h5-7,9-11,13,15,17H,8,12,14H2,1-4H3,(H,28,31)/b20-15+. The molecule has 0 saturated heterocycles. The van der Waals surface area contributed by atoms with Crippen molar-refractivity contribution in [1.82, 2.24) is 14.7 Å². The normalized spacial score (nSPS) is 11.5. The Hall–Kier alpha value is -3.96. The Balaban J connectivity index is 2.00. The third-order valence-corrected chi connectivity index (χ3v) is 5.06. The van der Waals surface area contributed by atoms with Gasteiger partial charge in [-0.15, -0.1) is 0 Å². The Morgan fingerprint density at radius 2 is 1.94 bits per heavy atom. The Bertz CT molecular complexity index is 1320. The number of rotatable bonds is 9. The average Bonchev–Trinajstić information content (AvgIpc) is 2.80. The van der Waals surface area contributed by atoms with Gasteiger partial charge in [-0.3, -0.25) is 14.0 Å². The van der Waals surface area contributed by atoms with Gasteiger partial charge in [-0.25, -0.2) is 0 Å². The number of carbonyl (C=O) groups is 1. The van der Waals surface area contributed by atoms with Crippen molar-refractivity contribution >= 4 is 17.6 Å². The number of benzene rings is 1. The van der Waals surface area contributed by atoms with Crippen LogP contribution in [0.2, 0.25) is 0 Å². The van der Waals surface area contributed by atoms with Gasteiger partial charge in [0.25, 0.3) is 11.5 Å². The van der Waals surface area contributed by atoms with Crippen molar-refractivity contribution in [2.75, 3.05) is 13.2 Å². The minimum Gasteiger partial charge on any atom is -0.438 e. The van der Waals surface area contributed by atoms with Crippen molar-refractivity contribution < 1.29 is 14.3 Å². The quantitative estimate of drug-likeness (QED) is 0.295. The zero-order valence-electron chi connectivity index (χ0n) is 19.8. The summed E-state index contributed by atoms with van der Waals surface area (Å²) in [5.74, 6) is -0.0304. The molecular formula is C26H28N4O4. The third-order valence-electron chi connectivity index (χ3n) is 5.06. The molecule has 2 heterocycles. The lowest BCUT2D eigenvalue weighted by Gasteiger charge is -2.13. The summed E-state index contributed by atoms with van der Waals surface area (Å²) in [5.41, 5.74) is 1.43. The third kappa shape index (κ3) is 5.88. The maximum atomic E-state index is 13.4. The fraction of sp³-hybridized carbons (Fsp3) is 0.308. The molecule has 34 heavy (non-hydrogen) atoms. The van der Waals surface area contributed by atoms with Crippen LogP contribution in [0.25, 0.3) is 11.7 Å². The molecule has 176 valence electrons. The fourth-order valence-electron chi connectivity index (χ4n) is 3.25. The molecule has 1 aromatic carbocycles. The number of aryl methyl sites for hydroxylation is 2. The molecule has 8 heteroatoms. The van der Waals surface area contributed by atoms with Crippen LogP contribution >= 0.6 is 0 Å². The first kappa shape index (κ1) is 24.7. The number of para-hydroxylation sites is 1. The maximum absolute atomic E-state index is 13.4. The Morgan fingerprint density at radius 3 is 2.65 bits per heavy atom. The maximum Gasteiger partial charge on any atom is 0.269 e. The second-order valence-corrected chi connectivity index (χ2v) is 8.09. The van der Waals surface area contributed by atoms with E-state index >= 15 is 0 Å². The van der Waals surface area contributed by atoms with E-state index in [0.717, 1.165) is 11.1 Å². The van der Waals surface area contributed by atoms with E-state index in [2.05, 4.69) is 10.3 Å².